The zero-order valence-electron chi connectivity index (χ0n) is 14.5. The molecule has 0 aliphatic heterocycles. The van der Waals surface area contributed by atoms with E-state index in [0.29, 0.717) is 5.02 Å². The van der Waals surface area contributed by atoms with Crippen LogP contribution in [0, 0.1) is 5.92 Å². The maximum Gasteiger partial charge on any atom is 0.0855 e. The Bertz CT molecular complexity index is 856. The molecule has 0 heterocycles. The van der Waals surface area contributed by atoms with E-state index in [1.807, 2.05) is 36.4 Å². The predicted octanol–water partition coefficient (Wildman–Crippen LogP) is 6.29. The summed E-state index contributed by atoms with van der Waals surface area (Å²) in [4.78, 5) is 0. The third-order valence-electron chi connectivity index (χ3n) is 5.21. The Balaban J connectivity index is 1.76. The number of benzene rings is 3. The first-order valence-corrected chi connectivity index (χ1v) is 9.39. The molecule has 0 amide bonds. The molecule has 2 heteroatoms. The van der Waals surface area contributed by atoms with Gasteiger partial charge in [0, 0.05) is 10.9 Å². The first kappa shape index (κ1) is 17.1. The van der Waals surface area contributed by atoms with Gasteiger partial charge in [-0.1, -0.05) is 90.0 Å². The summed E-state index contributed by atoms with van der Waals surface area (Å²) in [5.41, 5.74) is 5.95. The van der Waals surface area contributed by atoms with E-state index in [4.69, 9.17) is 11.6 Å². The van der Waals surface area contributed by atoms with Crippen molar-refractivity contribution in [3.05, 3.63) is 112 Å². The van der Waals surface area contributed by atoms with Crippen LogP contribution in [-0.2, 0) is 0 Å². The van der Waals surface area contributed by atoms with Crippen LogP contribution in [0.4, 0.5) is 0 Å². The SMILES string of the molecule is O[C@H](c1ccc(Cl)cc1)[C@H]1CCC1=C(c1ccccc1)c1ccccc1. The van der Waals surface area contributed by atoms with Gasteiger partial charge in [-0.2, -0.15) is 0 Å². The topological polar surface area (TPSA) is 20.2 Å². The number of hydrogen-bond acceptors (Lipinski definition) is 1. The average molecular weight is 361 g/mol. The van der Waals surface area contributed by atoms with Gasteiger partial charge in [-0.05, 0) is 47.2 Å². The molecule has 0 spiro atoms. The van der Waals surface area contributed by atoms with Gasteiger partial charge in [-0.3, -0.25) is 0 Å². The molecule has 4 rings (SSSR count). The van der Waals surface area contributed by atoms with E-state index in [2.05, 4.69) is 48.5 Å². The van der Waals surface area contributed by atoms with Crippen LogP contribution in [0.5, 0.6) is 0 Å². The number of hydrogen-bond donors (Lipinski definition) is 1. The summed E-state index contributed by atoms with van der Waals surface area (Å²) in [7, 11) is 0. The van der Waals surface area contributed by atoms with Crippen LogP contribution in [0.25, 0.3) is 5.57 Å². The van der Waals surface area contributed by atoms with Gasteiger partial charge in [0.25, 0.3) is 0 Å². The molecule has 1 fully saturated rings. The largest absolute Gasteiger partial charge is 0.388 e. The maximum absolute atomic E-state index is 11.0. The van der Waals surface area contributed by atoms with Gasteiger partial charge in [0.05, 0.1) is 6.10 Å². The standard InChI is InChI=1S/C24H21ClO/c25-20-13-11-19(12-14-20)24(26)22-16-15-21(22)23(17-7-3-1-4-8-17)18-9-5-2-6-10-18/h1-14,22,24,26H,15-16H2/t22-,24+/m0/s1. The van der Waals surface area contributed by atoms with Crippen LogP contribution in [0.2, 0.25) is 5.02 Å². The molecule has 1 N–H and O–H groups in total. The Labute approximate surface area is 159 Å². The van der Waals surface area contributed by atoms with Crippen LogP contribution >= 0.6 is 11.6 Å². The van der Waals surface area contributed by atoms with E-state index in [1.165, 1.54) is 22.3 Å². The molecule has 0 unspecified atom stereocenters. The summed E-state index contributed by atoms with van der Waals surface area (Å²) >= 11 is 5.99. The van der Waals surface area contributed by atoms with Crippen molar-refractivity contribution in [2.75, 3.05) is 0 Å². The van der Waals surface area contributed by atoms with Gasteiger partial charge < -0.3 is 5.11 Å². The third-order valence-corrected chi connectivity index (χ3v) is 5.46. The predicted molar refractivity (Wildman–Crippen MR) is 108 cm³/mol. The van der Waals surface area contributed by atoms with Crippen LogP contribution in [0.3, 0.4) is 0 Å². The fourth-order valence-electron chi connectivity index (χ4n) is 3.75. The number of aliphatic hydroxyl groups is 1. The zero-order valence-corrected chi connectivity index (χ0v) is 15.2. The molecule has 2 atom stereocenters. The minimum atomic E-state index is -0.501. The van der Waals surface area contributed by atoms with E-state index in [9.17, 15) is 5.11 Å². The second kappa shape index (κ2) is 7.49. The lowest BCUT2D eigenvalue weighted by Crippen LogP contribution is -2.25. The summed E-state index contributed by atoms with van der Waals surface area (Å²) in [5.74, 6) is 0.145. The third kappa shape index (κ3) is 3.33. The van der Waals surface area contributed by atoms with Crippen molar-refractivity contribution in [2.24, 2.45) is 5.92 Å². The van der Waals surface area contributed by atoms with Crippen LogP contribution in [0.1, 0.15) is 35.6 Å². The summed E-state index contributed by atoms with van der Waals surface area (Å²) in [6.45, 7) is 0. The van der Waals surface area contributed by atoms with Crippen LogP contribution in [-0.4, -0.2) is 5.11 Å². The lowest BCUT2D eigenvalue weighted by Gasteiger charge is -2.37. The van der Waals surface area contributed by atoms with Crippen molar-refractivity contribution >= 4 is 17.2 Å². The van der Waals surface area contributed by atoms with Gasteiger partial charge in [0.1, 0.15) is 0 Å². The molecule has 1 nitrogen and oxygen atoms in total. The van der Waals surface area contributed by atoms with E-state index >= 15 is 0 Å². The van der Waals surface area contributed by atoms with Crippen molar-refractivity contribution in [1.82, 2.24) is 0 Å². The number of aliphatic hydroxyl groups excluding tert-OH is 1. The lowest BCUT2D eigenvalue weighted by atomic mass is 9.70. The van der Waals surface area contributed by atoms with Crippen molar-refractivity contribution < 1.29 is 5.11 Å². The van der Waals surface area contributed by atoms with Gasteiger partial charge >= 0.3 is 0 Å². The summed E-state index contributed by atoms with van der Waals surface area (Å²) in [6, 6.07) is 28.5. The Hall–Kier alpha value is -2.35. The Morgan fingerprint density at radius 1 is 0.808 bits per heavy atom. The summed E-state index contributed by atoms with van der Waals surface area (Å²) in [5, 5.41) is 11.7. The molecule has 3 aromatic carbocycles. The minimum Gasteiger partial charge on any atom is -0.388 e. The summed E-state index contributed by atoms with van der Waals surface area (Å²) in [6.07, 6.45) is 1.52. The van der Waals surface area contributed by atoms with E-state index in [0.717, 1.165) is 18.4 Å². The minimum absolute atomic E-state index is 0.145. The Kier molecular flexibility index (Phi) is 4.92. The van der Waals surface area contributed by atoms with Gasteiger partial charge in [-0.15, -0.1) is 0 Å². The average Bonchev–Trinajstić information content (AvgIpc) is 2.67. The molecule has 0 aromatic heterocycles. The Morgan fingerprint density at radius 3 is 1.81 bits per heavy atom. The summed E-state index contributed by atoms with van der Waals surface area (Å²) < 4.78 is 0. The molecular formula is C24H21ClO. The van der Waals surface area contributed by atoms with Crippen LogP contribution < -0.4 is 0 Å². The Morgan fingerprint density at radius 2 is 1.35 bits per heavy atom. The van der Waals surface area contributed by atoms with E-state index < -0.39 is 6.10 Å². The molecule has 0 bridgehead atoms. The second-order valence-electron chi connectivity index (χ2n) is 6.77. The zero-order chi connectivity index (χ0) is 17.9. The number of rotatable bonds is 4. The van der Waals surface area contributed by atoms with E-state index in [1.54, 1.807) is 0 Å². The van der Waals surface area contributed by atoms with Gasteiger partial charge in [0.15, 0.2) is 0 Å². The quantitative estimate of drug-likeness (QED) is 0.580. The molecule has 1 saturated carbocycles. The highest BCUT2D eigenvalue weighted by Crippen LogP contribution is 2.47. The molecule has 3 aromatic rings. The fraction of sp³-hybridized carbons (Fsp3) is 0.167. The van der Waals surface area contributed by atoms with Crippen molar-refractivity contribution in [1.29, 1.82) is 0 Å². The molecule has 1 aliphatic rings. The highest BCUT2D eigenvalue weighted by atomic mass is 35.5. The van der Waals surface area contributed by atoms with E-state index in [-0.39, 0.29) is 5.92 Å². The number of halogens is 1. The highest BCUT2D eigenvalue weighted by Gasteiger charge is 2.34. The van der Waals surface area contributed by atoms with Crippen molar-refractivity contribution in [3.63, 3.8) is 0 Å². The molecule has 26 heavy (non-hydrogen) atoms. The highest BCUT2D eigenvalue weighted by molar-refractivity contribution is 6.30. The lowest BCUT2D eigenvalue weighted by molar-refractivity contribution is 0.0996. The first-order valence-electron chi connectivity index (χ1n) is 9.01. The van der Waals surface area contributed by atoms with Crippen LogP contribution in [0.15, 0.2) is 90.5 Å². The molecular weight excluding hydrogens is 340 g/mol. The van der Waals surface area contributed by atoms with Gasteiger partial charge in [-0.25, -0.2) is 0 Å². The first-order chi connectivity index (χ1) is 12.7. The molecule has 0 radical (unpaired) electrons. The molecule has 1 aliphatic carbocycles. The van der Waals surface area contributed by atoms with Crippen molar-refractivity contribution in [2.45, 2.75) is 18.9 Å². The normalized spacial score (nSPS) is 17.5. The molecule has 130 valence electrons. The smallest absolute Gasteiger partial charge is 0.0855 e. The maximum atomic E-state index is 11.0. The fourth-order valence-corrected chi connectivity index (χ4v) is 3.88. The van der Waals surface area contributed by atoms with Crippen molar-refractivity contribution in [3.8, 4) is 0 Å². The second-order valence-corrected chi connectivity index (χ2v) is 7.21. The molecule has 0 saturated heterocycles. The van der Waals surface area contributed by atoms with Gasteiger partial charge in [0.2, 0.25) is 0 Å². The monoisotopic (exact) mass is 360 g/mol.